The van der Waals surface area contributed by atoms with Crippen molar-refractivity contribution in [2.75, 3.05) is 25.4 Å². The lowest BCUT2D eigenvalue weighted by Gasteiger charge is -2.21. The van der Waals surface area contributed by atoms with Crippen LogP contribution in [-0.4, -0.2) is 73.2 Å². The third-order valence-corrected chi connectivity index (χ3v) is 5.38. The van der Waals surface area contributed by atoms with Gasteiger partial charge in [-0.25, -0.2) is 9.13 Å². The molecule has 16 nitrogen and oxygen atoms in total. The van der Waals surface area contributed by atoms with E-state index in [1.807, 2.05) is 0 Å². The Morgan fingerprint density at radius 3 is 2.42 bits per heavy atom. The lowest BCUT2D eigenvalue weighted by Crippen LogP contribution is -2.37. The Bertz CT molecular complexity index is 988. The molecule has 0 bridgehead atoms. The van der Waals surface area contributed by atoms with E-state index in [-0.39, 0.29) is 11.4 Å². The summed E-state index contributed by atoms with van der Waals surface area (Å²) >= 11 is 0. The molecule has 1 aromatic rings. The van der Waals surface area contributed by atoms with Crippen LogP contribution in [-0.2, 0) is 22.9 Å². The first-order chi connectivity index (χ1) is 15.3. The molecule has 11 N–H and O–H groups in total. The van der Waals surface area contributed by atoms with E-state index in [9.17, 15) is 24.0 Å². The third-order valence-electron chi connectivity index (χ3n) is 4.37. The molecule has 1 aliphatic heterocycles. The van der Waals surface area contributed by atoms with Crippen molar-refractivity contribution in [3.63, 3.8) is 0 Å². The molecule has 2 heterocycles. The fourth-order valence-electron chi connectivity index (χ4n) is 3.03. The van der Waals surface area contributed by atoms with Crippen LogP contribution < -0.4 is 22.7 Å². The topological polar surface area (TPSA) is 271 Å². The zero-order chi connectivity index (χ0) is 24.8. The second-order valence-corrected chi connectivity index (χ2v) is 9.45. The van der Waals surface area contributed by atoms with E-state index in [1.54, 1.807) is 0 Å². The summed E-state index contributed by atoms with van der Waals surface area (Å²) in [5.41, 5.74) is 17.0. The van der Waals surface area contributed by atoms with Gasteiger partial charge < -0.3 is 51.2 Å². The highest BCUT2D eigenvalue weighted by Crippen LogP contribution is 2.45. The van der Waals surface area contributed by atoms with Gasteiger partial charge in [-0.2, -0.15) is 0 Å². The van der Waals surface area contributed by atoms with E-state index < -0.39 is 46.8 Å². The van der Waals surface area contributed by atoms with Crippen molar-refractivity contribution >= 4 is 27.3 Å². The van der Waals surface area contributed by atoms with E-state index in [2.05, 4.69) is 19.0 Å². The number of anilines is 1. The maximum Gasteiger partial charge on any atom is 0.470 e. The van der Waals surface area contributed by atoms with Gasteiger partial charge in [-0.15, -0.1) is 0 Å². The Morgan fingerprint density at radius 2 is 1.82 bits per heavy atom. The number of unbranched alkanes of at least 4 members (excludes halogenated alkanes) is 1. The Labute approximate surface area is 188 Å². The molecule has 0 amide bonds. The standard InChI is InChI=1S/C15H28N6O10P2/c16-9-3-6-21(11(7-9)19-4-1-2-5-20-15(17)18)14-12(22)13(31-33(26,27)28)10(30-14)8-29-32(23,24)25/h3,6-7,10,12-14,22H,1-2,4-5,8,16H2,(H4,17,18,20)(H2,23,24,25)(H2,26,27,28)/t10?,12-,13-,14-/m1/s1. The van der Waals surface area contributed by atoms with E-state index >= 15 is 0 Å². The summed E-state index contributed by atoms with van der Waals surface area (Å²) in [5, 5.41) is 10.7. The van der Waals surface area contributed by atoms with E-state index in [1.165, 1.54) is 22.9 Å². The second-order valence-electron chi connectivity index (χ2n) is 7.02. The molecular formula is C15H28N6O10P2. The van der Waals surface area contributed by atoms with Gasteiger partial charge in [-0.05, 0) is 18.9 Å². The summed E-state index contributed by atoms with van der Waals surface area (Å²) in [6.07, 6.45) is -3.35. The molecule has 1 unspecified atom stereocenters. The number of aliphatic hydroxyl groups excluding tert-OH is 1. The van der Waals surface area contributed by atoms with Crippen LogP contribution in [0.15, 0.2) is 28.3 Å². The summed E-state index contributed by atoms with van der Waals surface area (Å²) in [7, 11) is -10.0. The molecule has 188 valence electrons. The molecule has 2 rings (SSSR count). The number of aliphatic hydroxyl groups is 1. The highest BCUT2D eigenvalue weighted by Gasteiger charge is 2.49. The number of guanidine groups is 1. The summed E-state index contributed by atoms with van der Waals surface area (Å²) in [6, 6.07) is 2.97. The number of nitrogen functional groups attached to an aromatic ring is 1. The van der Waals surface area contributed by atoms with Gasteiger partial charge >= 0.3 is 15.6 Å². The van der Waals surface area contributed by atoms with Crippen LogP contribution in [0.5, 0.6) is 0 Å². The van der Waals surface area contributed by atoms with Gasteiger partial charge in [0.2, 0.25) is 0 Å². The molecule has 0 aromatic carbocycles. The van der Waals surface area contributed by atoms with Crippen LogP contribution in [0.4, 0.5) is 5.69 Å². The van der Waals surface area contributed by atoms with Crippen molar-refractivity contribution in [2.45, 2.75) is 37.4 Å². The predicted octanol–water partition coefficient (Wildman–Crippen LogP) is -2.13. The van der Waals surface area contributed by atoms with Gasteiger partial charge in [0, 0.05) is 31.0 Å². The number of hydrogen-bond acceptors (Lipinski definition) is 9. The van der Waals surface area contributed by atoms with Crippen molar-refractivity contribution in [3.05, 3.63) is 23.8 Å². The van der Waals surface area contributed by atoms with Gasteiger partial charge in [0.1, 0.15) is 23.8 Å². The number of nitrogens with two attached hydrogens (primary N) is 3. The average Bonchev–Trinajstić information content (AvgIpc) is 2.96. The maximum absolute atomic E-state index is 11.3. The Hall–Kier alpha value is -1.84. The van der Waals surface area contributed by atoms with Crippen molar-refractivity contribution in [3.8, 4) is 0 Å². The fourth-order valence-corrected chi connectivity index (χ4v) is 3.94. The zero-order valence-electron chi connectivity index (χ0n) is 17.3. The fraction of sp³-hybridized carbons (Fsp3) is 0.600. The number of phosphoric acid groups is 2. The molecular weight excluding hydrogens is 486 g/mol. The first-order valence-corrected chi connectivity index (χ1v) is 12.6. The molecule has 1 aliphatic rings. The van der Waals surface area contributed by atoms with E-state index in [0.717, 1.165) is 0 Å². The maximum atomic E-state index is 11.3. The SMILES string of the molecule is NC(N)=NCCCCN=c1cc(N)ccn1[C@@H]1OC(COP(=O)(O)O)[C@@H](OP(=O)(O)O)[C@H]1O. The number of hydrogen-bond donors (Lipinski definition) is 8. The number of rotatable bonds is 11. The average molecular weight is 514 g/mol. The Balaban J connectivity index is 2.26. The predicted molar refractivity (Wildman–Crippen MR) is 114 cm³/mol. The molecule has 0 radical (unpaired) electrons. The van der Waals surface area contributed by atoms with Gasteiger partial charge in [-0.3, -0.25) is 19.0 Å². The van der Waals surface area contributed by atoms with Crippen molar-refractivity contribution in [1.82, 2.24) is 4.57 Å². The molecule has 1 saturated heterocycles. The van der Waals surface area contributed by atoms with Crippen LogP contribution in [0.1, 0.15) is 19.1 Å². The van der Waals surface area contributed by atoms with Gasteiger partial charge in [0.25, 0.3) is 0 Å². The minimum atomic E-state index is -5.10. The number of nitrogens with zero attached hydrogens (tertiary/aromatic N) is 3. The molecule has 0 aliphatic carbocycles. The summed E-state index contributed by atoms with van der Waals surface area (Å²) in [4.78, 5) is 44.5. The molecule has 18 heteroatoms. The first kappa shape index (κ1) is 27.4. The Kier molecular flexibility index (Phi) is 9.58. The Morgan fingerprint density at radius 1 is 1.15 bits per heavy atom. The monoisotopic (exact) mass is 514 g/mol. The minimum absolute atomic E-state index is 0.0163. The third kappa shape index (κ3) is 9.14. The molecule has 0 spiro atoms. The van der Waals surface area contributed by atoms with Gasteiger partial charge in [0.05, 0.1) is 6.61 Å². The smallest absolute Gasteiger partial charge is 0.399 e. The lowest BCUT2D eigenvalue weighted by molar-refractivity contribution is -0.0538. The zero-order valence-corrected chi connectivity index (χ0v) is 19.1. The number of phosphoric ester groups is 2. The number of aromatic nitrogens is 1. The van der Waals surface area contributed by atoms with E-state index in [4.69, 9.17) is 31.7 Å². The molecule has 33 heavy (non-hydrogen) atoms. The molecule has 1 aromatic heterocycles. The van der Waals surface area contributed by atoms with Crippen molar-refractivity contribution < 1.29 is 47.6 Å². The van der Waals surface area contributed by atoms with Crippen LogP contribution >= 0.6 is 15.6 Å². The summed E-state index contributed by atoms with van der Waals surface area (Å²) in [5.74, 6) is -0.0163. The van der Waals surface area contributed by atoms with Crippen LogP contribution in [0.3, 0.4) is 0 Å². The number of ether oxygens (including phenoxy) is 1. The second kappa shape index (κ2) is 11.5. The van der Waals surface area contributed by atoms with Crippen molar-refractivity contribution in [2.24, 2.45) is 21.5 Å². The van der Waals surface area contributed by atoms with Gasteiger partial charge in [0.15, 0.2) is 12.2 Å². The molecule has 1 fully saturated rings. The van der Waals surface area contributed by atoms with Crippen molar-refractivity contribution in [1.29, 1.82) is 0 Å². The summed E-state index contributed by atoms with van der Waals surface area (Å²) in [6.45, 7) is -0.0589. The van der Waals surface area contributed by atoms with Crippen LogP contribution in [0.25, 0.3) is 0 Å². The summed E-state index contributed by atoms with van der Waals surface area (Å²) < 4.78 is 38.3. The van der Waals surface area contributed by atoms with E-state index in [0.29, 0.717) is 31.6 Å². The van der Waals surface area contributed by atoms with Gasteiger partial charge in [-0.1, -0.05) is 0 Å². The minimum Gasteiger partial charge on any atom is -0.399 e. The van der Waals surface area contributed by atoms with Crippen LogP contribution in [0, 0.1) is 0 Å². The lowest BCUT2D eigenvalue weighted by atomic mass is 10.1. The molecule has 4 atom stereocenters. The highest BCUT2D eigenvalue weighted by atomic mass is 31.2. The van der Waals surface area contributed by atoms with Crippen LogP contribution in [0.2, 0.25) is 0 Å². The quantitative estimate of drug-likeness (QED) is 0.0679. The largest absolute Gasteiger partial charge is 0.470 e. The molecule has 0 saturated carbocycles. The number of aliphatic imine (C=N–C) groups is 1. The number of pyridine rings is 1. The first-order valence-electron chi connectivity index (χ1n) is 9.58. The highest BCUT2D eigenvalue weighted by molar-refractivity contribution is 7.46. The normalized spacial score (nSPS) is 24.2.